The minimum atomic E-state index is -0.340. The molecule has 0 radical (unpaired) electrons. The molecule has 0 fully saturated rings. The van der Waals surface area contributed by atoms with E-state index < -0.39 is 0 Å². The first-order valence-corrected chi connectivity index (χ1v) is 7.14. The Labute approximate surface area is 113 Å². The van der Waals surface area contributed by atoms with Gasteiger partial charge in [0, 0.05) is 10.4 Å². The molecule has 1 aromatic heterocycles. The maximum atomic E-state index is 11.7. The maximum Gasteiger partial charge on any atom is 0.358 e. The van der Waals surface area contributed by atoms with Gasteiger partial charge in [-0.05, 0) is 34.1 Å². The van der Waals surface area contributed by atoms with Crippen molar-refractivity contribution in [1.29, 1.82) is 0 Å². The highest BCUT2D eigenvalue weighted by Gasteiger charge is 2.21. The van der Waals surface area contributed by atoms with Crippen LogP contribution in [0.1, 0.15) is 55.9 Å². The highest BCUT2D eigenvalue weighted by molar-refractivity contribution is 7.15. The molecule has 0 aliphatic rings. The third kappa shape index (κ3) is 3.98. The van der Waals surface area contributed by atoms with Crippen molar-refractivity contribution in [3.8, 4) is 0 Å². The first-order chi connectivity index (χ1) is 8.39. The fourth-order valence-electron chi connectivity index (χ4n) is 1.82. The van der Waals surface area contributed by atoms with Crippen LogP contribution < -0.4 is 5.32 Å². The summed E-state index contributed by atoms with van der Waals surface area (Å²) in [4.78, 5) is 16.9. The Hall–Kier alpha value is -1.10. The van der Waals surface area contributed by atoms with E-state index in [1.807, 2.05) is 6.92 Å². The standard InChI is InChI=1S/C13H22N2O2S/c1-6-8-13(4,5)15-12-14-10(9(3)18-12)11(16)17-7-2/h6-8H2,1-5H3,(H,14,15). The summed E-state index contributed by atoms with van der Waals surface area (Å²) < 4.78 is 4.98. The van der Waals surface area contributed by atoms with Gasteiger partial charge in [-0.3, -0.25) is 0 Å². The molecule has 0 aliphatic heterocycles. The molecule has 102 valence electrons. The second-order valence-electron chi connectivity index (χ2n) is 4.90. The van der Waals surface area contributed by atoms with Gasteiger partial charge in [-0.2, -0.15) is 0 Å². The van der Waals surface area contributed by atoms with Crippen molar-refractivity contribution >= 4 is 22.4 Å². The predicted octanol–water partition coefficient (Wildman–Crippen LogP) is 3.62. The Morgan fingerprint density at radius 1 is 1.44 bits per heavy atom. The van der Waals surface area contributed by atoms with Gasteiger partial charge in [0.15, 0.2) is 10.8 Å². The summed E-state index contributed by atoms with van der Waals surface area (Å²) in [7, 11) is 0. The zero-order valence-electron chi connectivity index (χ0n) is 11.8. The number of nitrogens with one attached hydrogen (secondary N) is 1. The van der Waals surface area contributed by atoms with Gasteiger partial charge in [-0.15, -0.1) is 11.3 Å². The first-order valence-electron chi connectivity index (χ1n) is 6.32. The normalized spacial score (nSPS) is 11.4. The van der Waals surface area contributed by atoms with Crippen LogP contribution in [0.25, 0.3) is 0 Å². The van der Waals surface area contributed by atoms with Crippen LogP contribution in [0.5, 0.6) is 0 Å². The Morgan fingerprint density at radius 3 is 2.67 bits per heavy atom. The lowest BCUT2D eigenvalue weighted by atomic mass is 10.00. The molecule has 1 rings (SSSR count). The zero-order valence-corrected chi connectivity index (χ0v) is 12.6. The molecule has 1 heterocycles. The van der Waals surface area contributed by atoms with Crippen molar-refractivity contribution in [1.82, 2.24) is 4.98 Å². The van der Waals surface area contributed by atoms with E-state index in [1.165, 1.54) is 11.3 Å². The van der Waals surface area contributed by atoms with Gasteiger partial charge in [0.25, 0.3) is 0 Å². The number of rotatable bonds is 6. The number of hydrogen-bond donors (Lipinski definition) is 1. The van der Waals surface area contributed by atoms with Crippen LogP contribution in [0.3, 0.4) is 0 Å². The van der Waals surface area contributed by atoms with Crippen LogP contribution in [0.4, 0.5) is 5.13 Å². The Bertz CT molecular complexity index is 413. The smallest absolute Gasteiger partial charge is 0.358 e. The van der Waals surface area contributed by atoms with Gasteiger partial charge in [0.05, 0.1) is 6.61 Å². The fourth-order valence-corrected chi connectivity index (χ4v) is 2.80. The average molecular weight is 270 g/mol. The molecule has 0 amide bonds. The second kappa shape index (κ2) is 6.18. The molecule has 0 bridgehead atoms. The Kier molecular flexibility index (Phi) is 5.14. The van der Waals surface area contributed by atoms with E-state index in [9.17, 15) is 4.79 Å². The van der Waals surface area contributed by atoms with Crippen LogP contribution in [0, 0.1) is 6.92 Å². The molecule has 0 unspecified atom stereocenters. The number of carbonyl (C=O) groups is 1. The Balaban J connectivity index is 2.81. The van der Waals surface area contributed by atoms with Gasteiger partial charge in [-0.25, -0.2) is 9.78 Å². The average Bonchev–Trinajstić information content (AvgIpc) is 2.58. The molecule has 0 atom stereocenters. The van der Waals surface area contributed by atoms with Crippen LogP contribution in [-0.2, 0) is 4.74 Å². The summed E-state index contributed by atoms with van der Waals surface area (Å²) >= 11 is 1.50. The van der Waals surface area contributed by atoms with E-state index in [4.69, 9.17) is 4.74 Å². The molecule has 0 aromatic carbocycles. The van der Waals surface area contributed by atoms with Crippen LogP contribution in [-0.4, -0.2) is 23.1 Å². The lowest BCUT2D eigenvalue weighted by Crippen LogP contribution is -2.30. The number of nitrogens with zero attached hydrogens (tertiary/aromatic N) is 1. The summed E-state index contributed by atoms with van der Waals surface area (Å²) in [6.07, 6.45) is 2.16. The highest BCUT2D eigenvalue weighted by atomic mass is 32.1. The maximum absolute atomic E-state index is 11.7. The highest BCUT2D eigenvalue weighted by Crippen LogP contribution is 2.27. The molecule has 0 aliphatic carbocycles. The number of anilines is 1. The summed E-state index contributed by atoms with van der Waals surface area (Å²) in [5.74, 6) is -0.340. The van der Waals surface area contributed by atoms with E-state index in [2.05, 4.69) is 31.1 Å². The molecule has 4 nitrogen and oxygen atoms in total. The van der Waals surface area contributed by atoms with E-state index in [0.717, 1.165) is 22.9 Å². The number of aryl methyl sites for hydroxylation is 1. The van der Waals surface area contributed by atoms with Gasteiger partial charge >= 0.3 is 5.97 Å². The van der Waals surface area contributed by atoms with Crippen LogP contribution >= 0.6 is 11.3 Å². The zero-order chi connectivity index (χ0) is 13.8. The van der Waals surface area contributed by atoms with Crippen molar-refractivity contribution in [3.63, 3.8) is 0 Å². The largest absolute Gasteiger partial charge is 0.461 e. The van der Waals surface area contributed by atoms with Gasteiger partial charge < -0.3 is 10.1 Å². The first kappa shape index (κ1) is 15.0. The number of hydrogen-bond acceptors (Lipinski definition) is 5. The molecule has 1 N–H and O–H groups in total. The number of thiazole rings is 1. The van der Waals surface area contributed by atoms with Crippen molar-refractivity contribution < 1.29 is 9.53 Å². The molecule has 1 aromatic rings. The quantitative estimate of drug-likeness (QED) is 0.802. The van der Waals surface area contributed by atoms with Crippen molar-refractivity contribution in [2.24, 2.45) is 0 Å². The summed E-state index contributed by atoms with van der Waals surface area (Å²) in [5, 5.41) is 4.16. The van der Waals surface area contributed by atoms with Crippen molar-refractivity contribution in [2.45, 2.75) is 53.0 Å². The molecular weight excluding hydrogens is 248 g/mol. The van der Waals surface area contributed by atoms with Crippen LogP contribution in [0.2, 0.25) is 0 Å². The van der Waals surface area contributed by atoms with Gasteiger partial charge in [0.2, 0.25) is 0 Å². The molecule has 18 heavy (non-hydrogen) atoms. The lowest BCUT2D eigenvalue weighted by Gasteiger charge is -2.25. The van der Waals surface area contributed by atoms with Crippen molar-refractivity contribution in [3.05, 3.63) is 10.6 Å². The topological polar surface area (TPSA) is 51.2 Å². The fraction of sp³-hybridized carbons (Fsp3) is 0.692. The monoisotopic (exact) mass is 270 g/mol. The van der Waals surface area contributed by atoms with Gasteiger partial charge in [0.1, 0.15) is 0 Å². The minimum Gasteiger partial charge on any atom is -0.461 e. The Morgan fingerprint density at radius 2 is 2.11 bits per heavy atom. The lowest BCUT2D eigenvalue weighted by molar-refractivity contribution is 0.0519. The number of carbonyl (C=O) groups excluding carboxylic acids is 1. The second-order valence-corrected chi connectivity index (χ2v) is 6.11. The van der Waals surface area contributed by atoms with E-state index >= 15 is 0 Å². The predicted molar refractivity (Wildman–Crippen MR) is 75.4 cm³/mol. The molecule has 5 heteroatoms. The third-order valence-electron chi connectivity index (χ3n) is 2.59. The van der Waals surface area contributed by atoms with E-state index in [0.29, 0.717) is 12.3 Å². The van der Waals surface area contributed by atoms with E-state index in [-0.39, 0.29) is 11.5 Å². The van der Waals surface area contributed by atoms with Crippen molar-refractivity contribution in [2.75, 3.05) is 11.9 Å². The number of aromatic nitrogens is 1. The minimum absolute atomic E-state index is 0.00895. The molecular formula is C13H22N2O2S. The molecule has 0 saturated heterocycles. The summed E-state index contributed by atoms with van der Waals surface area (Å²) in [5.41, 5.74) is 0.418. The van der Waals surface area contributed by atoms with Crippen LogP contribution in [0.15, 0.2) is 0 Å². The molecule has 0 spiro atoms. The van der Waals surface area contributed by atoms with Gasteiger partial charge in [-0.1, -0.05) is 13.3 Å². The summed E-state index contributed by atoms with van der Waals surface area (Å²) in [6, 6.07) is 0. The van der Waals surface area contributed by atoms with E-state index in [1.54, 1.807) is 6.92 Å². The number of ether oxygens (including phenoxy) is 1. The number of esters is 1. The molecule has 0 saturated carbocycles. The third-order valence-corrected chi connectivity index (χ3v) is 3.47. The SMILES string of the molecule is CCCC(C)(C)Nc1nc(C(=O)OCC)c(C)s1. The summed E-state index contributed by atoms with van der Waals surface area (Å²) in [6.45, 7) is 10.5.